The van der Waals surface area contributed by atoms with Gasteiger partial charge in [0.25, 0.3) is 0 Å². The zero-order chi connectivity index (χ0) is 7.49. The van der Waals surface area contributed by atoms with Gasteiger partial charge in [0, 0.05) is 11.2 Å². The molecule has 0 saturated heterocycles. The fraction of sp³-hybridized carbons (Fsp3) is 0.833. The highest BCUT2D eigenvalue weighted by Gasteiger charge is 2.17. The molecule has 0 fully saturated rings. The molecule has 9 heavy (non-hydrogen) atoms. The molecule has 0 bridgehead atoms. The Labute approximate surface area is 60.2 Å². The van der Waals surface area contributed by atoms with Crippen molar-refractivity contribution in [2.45, 2.75) is 25.0 Å². The third-order valence-corrected chi connectivity index (χ3v) is 2.40. The molecular weight excluding hydrogens is 134 g/mol. The molecule has 0 atom stereocenters. The third-order valence-electron chi connectivity index (χ3n) is 1.15. The van der Waals surface area contributed by atoms with Crippen LogP contribution in [0.25, 0.3) is 0 Å². The van der Waals surface area contributed by atoms with Crippen LogP contribution in [0.2, 0.25) is 0 Å². The highest BCUT2D eigenvalue weighted by Crippen LogP contribution is 2.24. The normalized spacial score (nSPS) is 11.4. The number of amides is 1. The number of primary amides is 1. The van der Waals surface area contributed by atoms with Crippen molar-refractivity contribution >= 4 is 17.7 Å². The van der Waals surface area contributed by atoms with Gasteiger partial charge in [-0.1, -0.05) is 13.8 Å². The third kappa shape index (κ3) is 4.33. The highest BCUT2D eigenvalue weighted by atomic mass is 32.2. The lowest BCUT2D eigenvalue weighted by Crippen LogP contribution is -2.24. The highest BCUT2D eigenvalue weighted by molar-refractivity contribution is 7.99. The summed E-state index contributed by atoms with van der Waals surface area (Å²) in [7, 11) is 0. The van der Waals surface area contributed by atoms with Crippen molar-refractivity contribution in [1.82, 2.24) is 0 Å². The van der Waals surface area contributed by atoms with E-state index in [9.17, 15) is 4.79 Å². The first-order valence-electron chi connectivity index (χ1n) is 2.81. The van der Waals surface area contributed by atoms with E-state index in [1.165, 1.54) is 0 Å². The monoisotopic (exact) mass is 147 g/mol. The van der Waals surface area contributed by atoms with E-state index < -0.39 is 0 Å². The molecule has 0 unspecified atom stereocenters. The van der Waals surface area contributed by atoms with Crippen LogP contribution in [0.1, 0.15) is 20.3 Å². The van der Waals surface area contributed by atoms with Crippen molar-refractivity contribution in [3.8, 4) is 0 Å². The minimum absolute atomic E-state index is 0.00579. The maximum atomic E-state index is 10.4. The van der Waals surface area contributed by atoms with E-state index in [1.807, 2.05) is 20.1 Å². The van der Waals surface area contributed by atoms with Crippen LogP contribution in [0, 0.1) is 0 Å². The van der Waals surface area contributed by atoms with Crippen molar-refractivity contribution in [1.29, 1.82) is 0 Å². The van der Waals surface area contributed by atoms with Crippen LogP contribution in [-0.2, 0) is 4.79 Å². The summed E-state index contributed by atoms with van der Waals surface area (Å²) in [6, 6.07) is 0. The molecule has 0 saturated carbocycles. The summed E-state index contributed by atoms with van der Waals surface area (Å²) in [6.45, 7) is 4.00. The molecule has 2 N–H and O–H groups in total. The van der Waals surface area contributed by atoms with Crippen molar-refractivity contribution in [2.75, 3.05) is 6.26 Å². The van der Waals surface area contributed by atoms with E-state index in [4.69, 9.17) is 5.73 Å². The van der Waals surface area contributed by atoms with E-state index in [0.717, 1.165) is 0 Å². The zero-order valence-corrected chi connectivity index (χ0v) is 6.92. The summed E-state index contributed by atoms with van der Waals surface area (Å²) in [5.74, 6) is -0.227. The van der Waals surface area contributed by atoms with Gasteiger partial charge in [0.1, 0.15) is 0 Å². The number of nitrogens with two attached hydrogens (primary N) is 1. The molecule has 0 aromatic heterocycles. The average Bonchev–Trinajstić information content (AvgIpc) is 1.63. The number of rotatable bonds is 3. The molecule has 0 rings (SSSR count). The number of hydrogen-bond acceptors (Lipinski definition) is 2. The van der Waals surface area contributed by atoms with E-state index in [2.05, 4.69) is 0 Å². The van der Waals surface area contributed by atoms with E-state index in [-0.39, 0.29) is 10.7 Å². The van der Waals surface area contributed by atoms with Crippen molar-refractivity contribution < 1.29 is 4.79 Å². The Morgan fingerprint density at radius 2 is 2.11 bits per heavy atom. The summed E-state index contributed by atoms with van der Waals surface area (Å²) in [5.41, 5.74) is 5.00. The molecule has 1 amide bonds. The van der Waals surface area contributed by atoms with Crippen LogP contribution in [0.15, 0.2) is 0 Å². The molecule has 0 heterocycles. The summed E-state index contributed by atoms with van der Waals surface area (Å²) in [6.07, 6.45) is 2.43. The van der Waals surface area contributed by atoms with Crippen LogP contribution in [-0.4, -0.2) is 16.9 Å². The molecule has 3 heteroatoms. The summed E-state index contributed by atoms with van der Waals surface area (Å²) in [4.78, 5) is 10.4. The first-order valence-corrected chi connectivity index (χ1v) is 4.04. The van der Waals surface area contributed by atoms with Crippen LogP contribution < -0.4 is 5.73 Å². The lowest BCUT2D eigenvalue weighted by atomic mass is 10.1. The Morgan fingerprint density at radius 1 is 1.67 bits per heavy atom. The quantitative estimate of drug-likeness (QED) is 0.647. The molecule has 0 spiro atoms. The molecular formula is C6H13NOS. The van der Waals surface area contributed by atoms with Gasteiger partial charge in [-0.05, 0) is 6.26 Å². The van der Waals surface area contributed by atoms with Gasteiger partial charge >= 0.3 is 0 Å². The average molecular weight is 147 g/mol. The first-order chi connectivity index (χ1) is 3.98. The number of thioether (sulfide) groups is 1. The Morgan fingerprint density at radius 3 is 2.22 bits per heavy atom. The molecule has 0 aliphatic heterocycles. The van der Waals surface area contributed by atoms with E-state index >= 15 is 0 Å². The molecule has 0 aromatic rings. The molecule has 0 aliphatic carbocycles. The Hall–Kier alpha value is -0.180. The predicted octanol–water partition coefficient (Wildman–Crippen LogP) is 1.00. The minimum Gasteiger partial charge on any atom is -0.370 e. The van der Waals surface area contributed by atoms with Crippen molar-refractivity contribution in [3.05, 3.63) is 0 Å². The Kier molecular flexibility index (Phi) is 3.04. The second-order valence-corrected chi connectivity index (χ2v) is 4.12. The van der Waals surface area contributed by atoms with Crippen LogP contribution in [0.3, 0.4) is 0 Å². The van der Waals surface area contributed by atoms with E-state index in [1.54, 1.807) is 11.8 Å². The second kappa shape index (κ2) is 3.11. The van der Waals surface area contributed by atoms with Gasteiger partial charge in [0.05, 0.1) is 0 Å². The molecule has 0 radical (unpaired) electrons. The fourth-order valence-electron chi connectivity index (χ4n) is 0.492. The number of carbonyl (C=O) groups is 1. The van der Waals surface area contributed by atoms with Crippen LogP contribution >= 0.6 is 11.8 Å². The van der Waals surface area contributed by atoms with Gasteiger partial charge in [0.2, 0.25) is 5.91 Å². The SMILES string of the molecule is CSC(C)(C)CC(N)=O. The topological polar surface area (TPSA) is 43.1 Å². The fourth-order valence-corrected chi connectivity index (χ4v) is 0.778. The second-order valence-electron chi connectivity index (χ2n) is 2.61. The number of hydrogen-bond donors (Lipinski definition) is 1. The maximum Gasteiger partial charge on any atom is 0.218 e. The Bertz CT molecular complexity index is 112. The lowest BCUT2D eigenvalue weighted by Gasteiger charge is -2.18. The molecule has 2 nitrogen and oxygen atoms in total. The summed E-state index contributed by atoms with van der Waals surface area (Å²) < 4.78 is 0.00579. The van der Waals surface area contributed by atoms with Gasteiger partial charge in [0.15, 0.2) is 0 Å². The maximum absolute atomic E-state index is 10.4. The largest absolute Gasteiger partial charge is 0.370 e. The lowest BCUT2D eigenvalue weighted by molar-refractivity contribution is -0.118. The summed E-state index contributed by atoms with van der Waals surface area (Å²) in [5, 5.41) is 0. The van der Waals surface area contributed by atoms with Gasteiger partial charge in [-0.25, -0.2) is 0 Å². The van der Waals surface area contributed by atoms with Gasteiger partial charge in [-0.15, -0.1) is 0 Å². The van der Waals surface area contributed by atoms with Gasteiger partial charge < -0.3 is 5.73 Å². The van der Waals surface area contributed by atoms with Crippen LogP contribution in [0.4, 0.5) is 0 Å². The predicted molar refractivity (Wildman–Crippen MR) is 41.4 cm³/mol. The van der Waals surface area contributed by atoms with Gasteiger partial charge in [-0.2, -0.15) is 11.8 Å². The molecule has 0 aliphatic rings. The minimum atomic E-state index is -0.227. The smallest absolute Gasteiger partial charge is 0.218 e. The number of carbonyl (C=O) groups excluding carboxylic acids is 1. The standard InChI is InChI=1S/C6H13NOS/c1-6(2,9-3)4-5(7)8/h4H2,1-3H3,(H2,7,8). The summed E-state index contributed by atoms with van der Waals surface area (Å²) >= 11 is 1.65. The van der Waals surface area contributed by atoms with E-state index in [0.29, 0.717) is 6.42 Å². The zero-order valence-electron chi connectivity index (χ0n) is 6.10. The first kappa shape index (κ1) is 8.82. The van der Waals surface area contributed by atoms with Crippen LogP contribution in [0.5, 0.6) is 0 Å². The Balaban J connectivity index is 3.71. The van der Waals surface area contributed by atoms with Crippen molar-refractivity contribution in [2.24, 2.45) is 5.73 Å². The molecule has 0 aromatic carbocycles. The van der Waals surface area contributed by atoms with Crippen molar-refractivity contribution in [3.63, 3.8) is 0 Å². The van der Waals surface area contributed by atoms with Gasteiger partial charge in [-0.3, -0.25) is 4.79 Å². The molecule has 54 valence electrons.